The Hall–Kier alpha value is -2.10. The third-order valence-corrected chi connectivity index (χ3v) is 5.49. The van der Waals surface area contributed by atoms with Gasteiger partial charge >= 0.3 is 0 Å². The second-order valence-electron chi connectivity index (χ2n) is 7.16. The van der Waals surface area contributed by atoms with Crippen LogP contribution in [0.15, 0.2) is 18.2 Å². The first kappa shape index (κ1) is 20.6. The minimum Gasteiger partial charge on any atom is -0.370 e. The lowest BCUT2D eigenvalue weighted by atomic mass is 9.90. The Morgan fingerprint density at radius 3 is 2.75 bits per heavy atom. The van der Waals surface area contributed by atoms with Crippen LogP contribution in [0.4, 0.5) is 20.2 Å². The number of hydrogen-bond acceptors (Lipinski definition) is 5. The van der Waals surface area contributed by atoms with Crippen molar-refractivity contribution in [1.29, 1.82) is 0 Å². The molecule has 0 radical (unpaired) electrons. The van der Waals surface area contributed by atoms with Crippen LogP contribution in [0.2, 0.25) is 0 Å². The van der Waals surface area contributed by atoms with Crippen LogP contribution in [0.5, 0.6) is 0 Å². The first-order chi connectivity index (χ1) is 13.4. The average molecular weight is 396 g/mol. The van der Waals surface area contributed by atoms with Crippen LogP contribution in [0, 0.1) is 0 Å². The summed E-state index contributed by atoms with van der Waals surface area (Å²) < 4.78 is 32.4. The Morgan fingerprint density at radius 1 is 1.43 bits per heavy atom. The fourth-order valence-electron chi connectivity index (χ4n) is 3.53. The topological polar surface area (TPSA) is 87.9 Å². The zero-order valence-corrected chi connectivity index (χ0v) is 15.9. The van der Waals surface area contributed by atoms with E-state index in [1.165, 1.54) is 17.0 Å². The molecule has 0 bridgehead atoms. The molecule has 154 valence electrons. The Balaban J connectivity index is 1.78. The quantitative estimate of drug-likeness (QED) is 0.733. The fourth-order valence-corrected chi connectivity index (χ4v) is 3.53. The third-order valence-electron chi connectivity index (χ3n) is 5.49. The molecule has 0 unspecified atom stereocenters. The maximum absolute atomic E-state index is 13.6. The lowest BCUT2D eigenvalue weighted by Crippen LogP contribution is -2.52. The molecule has 28 heavy (non-hydrogen) atoms. The molecule has 7 nitrogen and oxygen atoms in total. The summed E-state index contributed by atoms with van der Waals surface area (Å²) >= 11 is 0. The van der Waals surface area contributed by atoms with Crippen molar-refractivity contribution in [1.82, 2.24) is 4.90 Å². The average Bonchev–Trinajstić information content (AvgIpc) is 2.61. The molecular weight excluding hydrogens is 370 g/mol. The van der Waals surface area contributed by atoms with Crippen LogP contribution in [-0.2, 0) is 14.3 Å². The van der Waals surface area contributed by atoms with Gasteiger partial charge < -0.3 is 20.7 Å². The van der Waals surface area contributed by atoms with E-state index in [4.69, 9.17) is 10.5 Å². The third kappa shape index (κ3) is 4.31. The molecule has 1 saturated carbocycles. The molecule has 3 N–H and O–H groups in total. The van der Waals surface area contributed by atoms with Crippen LogP contribution in [-0.4, -0.2) is 62.1 Å². The van der Waals surface area contributed by atoms with Gasteiger partial charge in [-0.15, -0.1) is 0 Å². The summed E-state index contributed by atoms with van der Waals surface area (Å²) in [5.74, 6) is -0.692. The number of nitrogens with one attached hydrogen (secondary N) is 1. The molecule has 9 heteroatoms. The van der Waals surface area contributed by atoms with Gasteiger partial charge in [0.15, 0.2) is 0 Å². The van der Waals surface area contributed by atoms with E-state index in [9.17, 15) is 18.4 Å². The molecule has 1 heterocycles. The van der Waals surface area contributed by atoms with E-state index in [-0.39, 0.29) is 30.3 Å². The highest BCUT2D eigenvalue weighted by atomic mass is 19.3. The van der Waals surface area contributed by atoms with E-state index < -0.39 is 18.4 Å². The lowest BCUT2D eigenvalue weighted by Gasteiger charge is -2.38. The number of ether oxygens (including phenoxy) is 1. The predicted octanol–water partition coefficient (Wildman–Crippen LogP) is 1.74. The fraction of sp³-hybridized carbons (Fsp3) is 0.579. The maximum Gasteiger partial charge on any atom is 0.265 e. The van der Waals surface area contributed by atoms with Gasteiger partial charge in [-0.05, 0) is 38.1 Å². The zero-order valence-electron chi connectivity index (χ0n) is 15.9. The summed E-state index contributed by atoms with van der Waals surface area (Å²) in [7, 11) is 1.84. The smallest absolute Gasteiger partial charge is 0.265 e. The van der Waals surface area contributed by atoms with Crippen molar-refractivity contribution in [2.45, 2.75) is 37.8 Å². The van der Waals surface area contributed by atoms with E-state index in [0.717, 1.165) is 19.3 Å². The van der Waals surface area contributed by atoms with Crippen LogP contribution in [0.1, 0.15) is 31.3 Å². The molecule has 1 aromatic carbocycles. The summed E-state index contributed by atoms with van der Waals surface area (Å²) in [6, 6.07) is 3.92. The number of anilines is 2. The van der Waals surface area contributed by atoms with Crippen molar-refractivity contribution in [3.63, 3.8) is 0 Å². The van der Waals surface area contributed by atoms with Crippen LogP contribution in [0.3, 0.4) is 0 Å². The maximum atomic E-state index is 13.6. The van der Waals surface area contributed by atoms with Gasteiger partial charge in [0.25, 0.3) is 12.3 Å². The Bertz CT molecular complexity index is 727. The summed E-state index contributed by atoms with van der Waals surface area (Å²) in [4.78, 5) is 28.0. The molecule has 1 saturated heterocycles. The van der Waals surface area contributed by atoms with Crippen molar-refractivity contribution < 1.29 is 23.1 Å². The number of nitrogens with two attached hydrogens (primary N) is 1. The molecule has 2 amide bonds. The number of rotatable bonds is 7. The minimum atomic E-state index is -2.80. The van der Waals surface area contributed by atoms with Crippen LogP contribution in [0.25, 0.3) is 0 Å². The number of benzene rings is 1. The number of hydrogen-bond donors (Lipinski definition) is 2. The van der Waals surface area contributed by atoms with Gasteiger partial charge in [0.2, 0.25) is 5.91 Å². The number of carbonyl (C=O) groups is 2. The highest BCUT2D eigenvalue weighted by Gasteiger charge is 2.31. The van der Waals surface area contributed by atoms with E-state index in [2.05, 4.69) is 5.32 Å². The Labute approximate surface area is 162 Å². The first-order valence-electron chi connectivity index (χ1n) is 9.45. The molecule has 1 aliphatic carbocycles. The van der Waals surface area contributed by atoms with Gasteiger partial charge in [-0.3, -0.25) is 14.5 Å². The Kier molecular flexibility index (Phi) is 6.58. The van der Waals surface area contributed by atoms with Gasteiger partial charge in [-0.2, -0.15) is 0 Å². The van der Waals surface area contributed by atoms with Crippen molar-refractivity contribution in [3.05, 3.63) is 23.8 Å². The normalized spacial score (nSPS) is 19.1. The molecule has 0 aromatic heterocycles. The molecule has 1 aliphatic heterocycles. The van der Waals surface area contributed by atoms with Crippen LogP contribution < -0.4 is 16.0 Å². The number of morpholine rings is 1. The summed E-state index contributed by atoms with van der Waals surface area (Å²) in [6.07, 6.45) is 0.327. The minimum absolute atomic E-state index is 0.0323. The van der Waals surface area contributed by atoms with E-state index in [1.807, 2.05) is 11.9 Å². The molecule has 1 atom stereocenters. The molecule has 0 spiro atoms. The van der Waals surface area contributed by atoms with E-state index >= 15 is 0 Å². The summed E-state index contributed by atoms with van der Waals surface area (Å²) in [6.45, 7) is 0.673. The zero-order chi connectivity index (χ0) is 20.3. The van der Waals surface area contributed by atoms with E-state index in [1.54, 1.807) is 6.07 Å². The largest absolute Gasteiger partial charge is 0.370 e. The standard InChI is InChI=1S/C19H26F2N4O3/c1-24(12-3-2-4-12)16(10-22)19(27)23-15-6-5-13(9-14(15)18(20)21)25-7-8-28-11-17(25)26/h5-6,9,12,16,18H,2-4,7-8,10-11,22H2,1H3,(H,23,27)/t16-/m1/s1. The van der Waals surface area contributed by atoms with Gasteiger partial charge in [-0.25, -0.2) is 8.78 Å². The monoisotopic (exact) mass is 396 g/mol. The molecular formula is C19H26F2N4O3. The SMILES string of the molecule is CN(C1CCC1)[C@H](CN)C(=O)Nc1ccc(N2CCOCC2=O)cc1C(F)F. The number of nitrogens with zero attached hydrogens (tertiary/aromatic N) is 2. The van der Waals surface area contributed by atoms with Crippen molar-refractivity contribution in [2.75, 3.05) is 43.6 Å². The first-order valence-corrected chi connectivity index (χ1v) is 9.45. The number of alkyl halides is 2. The number of halogens is 2. The second-order valence-corrected chi connectivity index (χ2v) is 7.16. The number of likely N-dealkylation sites (N-methyl/N-ethyl adjacent to an activating group) is 1. The highest BCUT2D eigenvalue weighted by Crippen LogP contribution is 2.32. The lowest BCUT2D eigenvalue weighted by molar-refractivity contribution is -0.125. The molecule has 2 aliphatic rings. The second kappa shape index (κ2) is 8.93. The van der Waals surface area contributed by atoms with Gasteiger partial charge in [0.05, 0.1) is 6.61 Å². The number of carbonyl (C=O) groups excluding carboxylic acids is 2. The van der Waals surface area contributed by atoms with Crippen molar-refractivity contribution in [3.8, 4) is 0 Å². The highest BCUT2D eigenvalue weighted by molar-refractivity contribution is 5.97. The van der Waals surface area contributed by atoms with Crippen LogP contribution >= 0.6 is 0 Å². The van der Waals surface area contributed by atoms with Gasteiger partial charge in [0, 0.05) is 36.1 Å². The molecule has 2 fully saturated rings. The van der Waals surface area contributed by atoms with Gasteiger partial charge in [-0.1, -0.05) is 6.42 Å². The number of amides is 2. The van der Waals surface area contributed by atoms with Crippen molar-refractivity contribution in [2.24, 2.45) is 5.73 Å². The summed E-state index contributed by atoms with van der Waals surface area (Å²) in [5.41, 5.74) is 5.84. The summed E-state index contributed by atoms with van der Waals surface area (Å²) in [5, 5.41) is 2.60. The molecule has 3 rings (SSSR count). The van der Waals surface area contributed by atoms with Gasteiger partial charge in [0.1, 0.15) is 12.6 Å². The Morgan fingerprint density at radius 2 is 2.18 bits per heavy atom. The van der Waals surface area contributed by atoms with E-state index in [0.29, 0.717) is 24.9 Å². The van der Waals surface area contributed by atoms with Crippen molar-refractivity contribution >= 4 is 23.2 Å². The molecule has 1 aromatic rings. The predicted molar refractivity (Wildman–Crippen MR) is 101 cm³/mol.